The van der Waals surface area contributed by atoms with Crippen LogP contribution in [0.3, 0.4) is 0 Å². The molecule has 1 aromatic heterocycles. The van der Waals surface area contributed by atoms with Crippen LogP contribution in [0.2, 0.25) is 0 Å². The maximum absolute atomic E-state index is 11.7. The molecule has 1 aliphatic rings. The van der Waals surface area contributed by atoms with E-state index in [1.54, 1.807) is 6.20 Å². The molecule has 0 radical (unpaired) electrons. The molecule has 20 heavy (non-hydrogen) atoms. The van der Waals surface area contributed by atoms with E-state index < -0.39 is 0 Å². The average Bonchev–Trinajstić information content (AvgIpc) is 2.93. The lowest BCUT2D eigenvalue weighted by molar-refractivity contribution is 0.0953. The van der Waals surface area contributed by atoms with Crippen molar-refractivity contribution in [3.8, 4) is 0 Å². The lowest BCUT2D eigenvalue weighted by Crippen LogP contribution is -2.26. The third-order valence-corrected chi connectivity index (χ3v) is 3.11. The molecule has 2 heterocycles. The van der Waals surface area contributed by atoms with Gasteiger partial charge in [-0.05, 0) is 37.9 Å². The van der Waals surface area contributed by atoms with Crippen LogP contribution in [0.4, 0.5) is 5.82 Å². The van der Waals surface area contributed by atoms with Crippen molar-refractivity contribution in [3.63, 3.8) is 0 Å². The second-order valence-electron chi connectivity index (χ2n) is 4.50. The van der Waals surface area contributed by atoms with Crippen LogP contribution in [0, 0.1) is 0 Å². The van der Waals surface area contributed by atoms with E-state index >= 15 is 0 Å². The van der Waals surface area contributed by atoms with E-state index in [1.807, 2.05) is 12.1 Å². The average molecular weight is 321 g/mol. The highest BCUT2D eigenvalue weighted by Gasteiger charge is 2.13. The summed E-state index contributed by atoms with van der Waals surface area (Å²) in [6.07, 6.45) is 4.89. The molecule has 0 saturated carbocycles. The van der Waals surface area contributed by atoms with Crippen molar-refractivity contribution in [3.05, 3.63) is 23.9 Å². The minimum Gasteiger partial charge on any atom is -0.357 e. The summed E-state index contributed by atoms with van der Waals surface area (Å²) in [5.41, 5.74) is 5.98. The van der Waals surface area contributed by atoms with E-state index in [0.29, 0.717) is 18.7 Å². The van der Waals surface area contributed by atoms with Crippen LogP contribution in [0.5, 0.6) is 0 Å². The number of carbonyl (C=O) groups is 1. The largest absolute Gasteiger partial charge is 0.357 e. The van der Waals surface area contributed by atoms with Crippen molar-refractivity contribution in [1.29, 1.82) is 0 Å². The fourth-order valence-electron chi connectivity index (χ4n) is 2.06. The van der Waals surface area contributed by atoms with Crippen LogP contribution < -0.4 is 16.0 Å². The number of anilines is 1. The van der Waals surface area contributed by atoms with Crippen LogP contribution in [0.1, 0.15) is 29.6 Å². The zero-order chi connectivity index (χ0) is 12.8. The molecule has 114 valence electrons. The molecule has 0 atom stereocenters. The molecule has 1 saturated heterocycles. The normalized spacial score (nSPS) is 13.3. The third-order valence-electron chi connectivity index (χ3n) is 3.11. The monoisotopic (exact) mass is 320 g/mol. The number of nitrogens with one attached hydrogen (secondary N) is 1. The molecule has 1 aromatic rings. The summed E-state index contributed by atoms with van der Waals surface area (Å²) in [6, 6.07) is 3.75. The van der Waals surface area contributed by atoms with Crippen molar-refractivity contribution in [1.82, 2.24) is 10.3 Å². The Morgan fingerprint density at radius 1 is 1.30 bits per heavy atom. The Kier molecular flexibility index (Phi) is 9.29. The highest BCUT2D eigenvalue weighted by Crippen LogP contribution is 2.17. The highest BCUT2D eigenvalue weighted by molar-refractivity contribution is 5.94. The quantitative estimate of drug-likeness (QED) is 0.808. The number of carbonyl (C=O) groups excluding carboxylic acids is 1. The van der Waals surface area contributed by atoms with Gasteiger partial charge in [-0.15, -0.1) is 24.8 Å². The lowest BCUT2D eigenvalue weighted by Gasteiger charge is -2.16. The minimum absolute atomic E-state index is 0. The Bertz CT molecular complexity index is 394. The first-order chi connectivity index (χ1) is 8.81. The fraction of sp³-hybridized carbons (Fsp3) is 0.538. The molecule has 1 amide bonds. The third kappa shape index (κ3) is 5.15. The predicted molar refractivity (Wildman–Crippen MR) is 86.2 cm³/mol. The molecule has 0 spiro atoms. The van der Waals surface area contributed by atoms with Gasteiger partial charge in [0.05, 0.1) is 5.56 Å². The van der Waals surface area contributed by atoms with Crippen molar-refractivity contribution in [2.75, 3.05) is 31.1 Å². The van der Waals surface area contributed by atoms with E-state index in [9.17, 15) is 4.79 Å². The Labute approximate surface area is 132 Å². The number of nitrogens with zero attached hydrogens (tertiary/aromatic N) is 2. The first kappa shape index (κ1) is 19.0. The molecule has 0 aliphatic carbocycles. The second kappa shape index (κ2) is 9.80. The standard InChI is InChI=1S/C13H20N4O.2ClH/c14-6-3-7-15-13(18)11-4-5-12(16-10-11)17-8-1-2-9-17;;/h4-5,10H,1-3,6-9,14H2,(H,15,18);2*1H. The van der Waals surface area contributed by atoms with Crippen molar-refractivity contribution in [2.45, 2.75) is 19.3 Å². The SMILES string of the molecule is Cl.Cl.NCCCNC(=O)c1ccc(N2CCCC2)nc1. The van der Waals surface area contributed by atoms with Crippen LogP contribution in [-0.2, 0) is 0 Å². The molecular weight excluding hydrogens is 299 g/mol. The molecule has 5 nitrogen and oxygen atoms in total. The van der Waals surface area contributed by atoms with Gasteiger partial charge in [0.25, 0.3) is 5.91 Å². The number of hydrogen-bond acceptors (Lipinski definition) is 4. The highest BCUT2D eigenvalue weighted by atomic mass is 35.5. The summed E-state index contributed by atoms with van der Waals surface area (Å²) in [7, 11) is 0. The van der Waals surface area contributed by atoms with E-state index in [4.69, 9.17) is 5.73 Å². The van der Waals surface area contributed by atoms with E-state index in [2.05, 4.69) is 15.2 Å². The maximum Gasteiger partial charge on any atom is 0.252 e. The lowest BCUT2D eigenvalue weighted by atomic mass is 10.2. The van der Waals surface area contributed by atoms with Gasteiger partial charge in [0.1, 0.15) is 5.82 Å². The number of pyridine rings is 1. The maximum atomic E-state index is 11.7. The van der Waals surface area contributed by atoms with Gasteiger partial charge in [-0.3, -0.25) is 4.79 Å². The summed E-state index contributed by atoms with van der Waals surface area (Å²) in [4.78, 5) is 18.3. The zero-order valence-corrected chi connectivity index (χ0v) is 13.0. The van der Waals surface area contributed by atoms with E-state index in [1.165, 1.54) is 12.8 Å². The van der Waals surface area contributed by atoms with Gasteiger partial charge in [0.15, 0.2) is 0 Å². The van der Waals surface area contributed by atoms with Crippen LogP contribution in [-0.4, -0.2) is 37.1 Å². The second-order valence-corrected chi connectivity index (χ2v) is 4.50. The summed E-state index contributed by atoms with van der Waals surface area (Å²) >= 11 is 0. The summed E-state index contributed by atoms with van der Waals surface area (Å²) < 4.78 is 0. The van der Waals surface area contributed by atoms with Gasteiger partial charge >= 0.3 is 0 Å². The molecule has 1 fully saturated rings. The Morgan fingerprint density at radius 2 is 2.00 bits per heavy atom. The number of rotatable bonds is 5. The number of hydrogen-bond donors (Lipinski definition) is 2. The number of amides is 1. The van der Waals surface area contributed by atoms with Gasteiger partial charge in [0.2, 0.25) is 0 Å². The molecule has 0 bridgehead atoms. The van der Waals surface area contributed by atoms with E-state index in [-0.39, 0.29) is 30.7 Å². The fourth-order valence-corrected chi connectivity index (χ4v) is 2.06. The van der Waals surface area contributed by atoms with Crippen LogP contribution >= 0.6 is 24.8 Å². The minimum atomic E-state index is -0.0797. The molecule has 1 aliphatic heterocycles. The van der Waals surface area contributed by atoms with Gasteiger partial charge < -0.3 is 16.0 Å². The van der Waals surface area contributed by atoms with Gasteiger partial charge in [-0.25, -0.2) is 4.98 Å². The molecular formula is C13H22Cl2N4O. The topological polar surface area (TPSA) is 71.2 Å². The van der Waals surface area contributed by atoms with Crippen LogP contribution in [0.15, 0.2) is 18.3 Å². The Hall–Kier alpha value is -1.04. The van der Waals surface area contributed by atoms with Crippen molar-refractivity contribution < 1.29 is 4.79 Å². The van der Waals surface area contributed by atoms with E-state index in [0.717, 1.165) is 25.3 Å². The molecule has 2 rings (SSSR count). The number of aromatic nitrogens is 1. The van der Waals surface area contributed by atoms with Crippen molar-refractivity contribution in [2.24, 2.45) is 5.73 Å². The number of nitrogens with two attached hydrogens (primary N) is 1. The molecule has 7 heteroatoms. The van der Waals surface area contributed by atoms with Crippen molar-refractivity contribution >= 4 is 36.5 Å². The molecule has 0 aromatic carbocycles. The van der Waals surface area contributed by atoms with Gasteiger partial charge in [-0.1, -0.05) is 0 Å². The van der Waals surface area contributed by atoms with Gasteiger partial charge in [0, 0.05) is 25.8 Å². The molecule has 0 unspecified atom stereocenters. The first-order valence-corrected chi connectivity index (χ1v) is 6.50. The smallest absolute Gasteiger partial charge is 0.252 e. The number of halogens is 2. The van der Waals surface area contributed by atoms with Gasteiger partial charge in [-0.2, -0.15) is 0 Å². The summed E-state index contributed by atoms with van der Waals surface area (Å²) in [5.74, 6) is 0.884. The Morgan fingerprint density at radius 3 is 2.55 bits per heavy atom. The summed E-state index contributed by atoms with van der Waals surface area (Å²) in [5, 5.41) is 2.82. The summed E-state index contributed by atoms with van der Waals surface area (Å²) in [6.45, 7) is 3.33. The first-order valence-electron chi connectivity index (χ1n) is 6.50. The molecule has 3 N–H and O–H groups in total. The predicted octanol–water partition coefficient (Wildman–Crippen LogP) is 1.60. The van der Waals surface area contributed by atoms with Crippen LogP contribution in [0.25, 0.3) is 0 Å². The zero-order valence-electron chi connectivity index (χ0n) is 11.4. The Balaban J connectivity index is 0.00000180.